The molecule has 9 heteroatoms. The first-order valence-corrected chi connectivity index (χ1v) is 9.66. The minimum atomic E-state index is -2.83. The highest BCUT2D eigenvalue weighted by molar-refractivity contribution is 5.79. The fraction of sp³-hybridized carbons (Fsp3) is 0.409. The quantitative estimate of drug-likeness (QED) is 0.453. The fourth-order valence-electron chi connectivity index (χ4n) is 3.18. The van der Waals surface area contributed by atoms with Crippen molar-refractivity contribution in [1.29, 1.82) is 0 Å². The first-order valence-electron chi connectivity index (χ1n) is 9.66. The molecule has 0 amide bonds. The third kappa shape index (κ3) is 6.63. The monoisotopic (exact) mass is 437 g/mol. The largest absolute Gasteiger partial charge is 0.493 e. The number of rotatable bonds is 10. The summed E-state index contributed by atoms with van der Waals surface area (Å²) in [6.07, 6.45) is 0.677. The molecule has 2 aromatic rings. The molecule has 7 nitrogen and oxygen atoms in total. The molecule has 0 unspecified atom stereocenters. The van der Waals surface area contributed by atoms with Crippen LogP contribution in [0.25, 0.3) is 0 Å². The lowest BCUT2D eigenvalue weighted by Gasteiger charge is -2.23. The highest BCUT2D eigenvalue weighted by Crippen LogP contribution is 2.39. The van der Waals surface area contributed by atoms with Gasteiger partial charge in [0.2, 0.25) is 5.75 Å². The molecule has 0 bridgehead atoms. The van der Waals surface area contributed by atoms with Gasteiger partial charge in [0.25, 0.3) is 0 Å². The Morgan fingerprint density at radius 3 is 2.23 bits per heavy atom. The van der Waals surface area contributed by atoms with Crippen molar-refractivity contribution in [3.8, 4) is 23.0 Å². The van der Waals surface area contributed by atoms with E-state index in [4.69, 9.17) is 14.2 Å². The lowest BCUT2D eigenvalue weighted by molar-refractivity contribution is -0.0498. The van der Waals surface area contributed by atoms with Gasteiger partial charge in [-0.2, -0.15) is 8.78 Å². The molecule has 0 aromatic heterocycles. The minimum absolute atomic E-state index is 0.132. The Balaban J connectivity index is 1.96. The molecular weight excluding hydrogens is 408 g/mol. The number of halogens is 2. The average Bonchev–Trinajstić information content (AvgIpc) is 2.76. The first kappa shape index (κ1) is 24.0. The van der Waals surface area contributed by atoms with Crippen molar-refractivity contribution in [3.05, 3.63) is 47.5 Å². The Bertz CT molecular complexity index is 861. The van der Waals surface area contributed by atoms with E-state index >= 15 is 0 Å². The van der Waals surface area contributed by atoms with Crippen LogP contribution in [0.4, 0.5) is 8.78 Å². The smallest absolute Gasteiger partial charge is 0.387 e. The number of hydrogen-bond acceptors (Lipinski definition) is 5. The van der Waals surface area contributed by atoms with Gasteiger partial charge in [0.15, 0.2) is 17.5 Å². The van der Waals surface area contributed by atoms with E-state index < -0.39 is 6.61 Å². The van der Waals surface area contributed by atoms with Gasteiger partial charge >= 0.3 is 6.61 Å². The lowest BCUT2D eigenvalue weighted by Crippen LogP contribution is -2.39. The van der Waals surface area contributed by atoms with Crippen molar-refractivity contribution in [2.75, 3.05) is 42.0 Å². The van der Waals surface area contributed by atoms with Crippen LogP contribution in [0.15, 0.2) is 41.4 Å². The topological polar surface area (TPSA) is 64.6 Å². The zero-order valence-electron chi connectivity index (χ0n) is 18.4. The van der Waals surface area contributed by atoms with E-state index in [0.717, 1.165) is 11.1 Å². The number of benzene rings is 2. The number of ether oxygens (including phenoxy) is 4. The Kier molecular flexibility index (Phi) is 9.17. The number of nitrogens with one attached hydrogen (secondary N) is 1. The second kappa shape index (κ2) is 11.8. The highest BCUT2D eigenvalue weighted by Gasteiger charge is 2.16. The van der Waals surface area contributed by atoms with Crippen LogP contribution in [-0.4, -0.2) is 59.4 Å². The number of hydrogen-bond donors (Lipinski definition) is 1. The van der Waals surface area contributed by atoms with Crippen molar-refractivity contribution in [2.24, 2.45) is 4.99 Å². The normalized spacial score (nSPS) is 11.3. The number of methoxy groups -OCH3 is 3. The van der Waals surface area contributed by atoms with E-state index in [1.54, 1.807) is 40.5 Å². The predicted octanol–water partition coefficient (Wildman–Crippen LogP) is 3.56. The molecule has 0 atom stereocenters. The molecule has 0 aliphatic heterocycles. The van der Waals surface area contributed by atoms with Crippen LogP contribution in [0.2, 0.25) is 0 Å². The van der Waals surface area contributed by atoms with Crippen LogP contribution < -0.4 is 24.3 Å². The molecule has 0 heterocycles. The van der Waals surface area contributed by atoms with Crippen LogP contribution in [0.1, 0.15) is 11.1 Å². The van der Waals surface area contributed by atoms with Gasteiger partial charge < -0.3 is 29.2 Å². The second-order valence-corrected chi connectivity index (χ2v) is 6.60. The van der Waals surface area contributed by atoms with Crippen molar-refractivity contribution in [1.82, 2.24) is 10.2 Å². The zero-order chi connectivity index (χ0) is 22.8. The molecule has 0 saturated carbocycles. The summed E-state index contributed by atoms with van der Waals surface area (Å²) >= 11 is 0. The highest BCUT2D eigenvalue weighted by atomic mass is 19.3. The third-order valence-corrected chi connectivity index (χ3v) is 4.60. The Labute approximate surface area is 181 Å². The molecule has 0 fully saturated rings. The van der Waals surface area contributed by atoms with E-state index in [1.807, 2.05) is 24.1 Å². The summed E-state index contributed by atoms with van der Waals surface area (Å²) in [5.41, 5.74) is 1.91. The summed E-state index contributed by atoms with van der Waals surface area (Å²) in [5.74, 6) is 2.64. The molecule has 0 saturated heterocycles. The van der Waals surface area contributed by atoms with Gasteiger partial charge in [-0.15, -0.1) is 0 Å². The van der Waals surface area contributed by atoms with Gasteiger partial charge in [-0.05, 0) is 30.2 Å². The Hall–Kier alpha value is -3.23. The van der Waals surface area contributed by atoms with Crippen LogP contribution >= 0.6 is 0 Å². The van der Waals surface area contributed by atoms with Crippen molar-refractivity contribution in [2.45, 2.75) is 19.6 Å². The predicted molar refractivity (Wildman–Crippen MR) is 116 cm³/mol. The van der Waals surface area contributed by atoms with E-state index in [0.29, 0.717) is 42.7 Å². The number of nitrogens with zero attached hydrogens (tertiary/aromatic N) is 2. The molecule has 1 N–H and O–H groups in total. The van der Waals surface area contributed by atoms with E-state index in [-0.39, 0.29) is 5.75 Å². The van der Waals surface area contributed by atoms with Gasteiger partial charge in [0.1, 0.15) is 5.75 Å². The molecule has 31 heavy (non-hydrogen) atoms. The third-order valence-electron chi connectivity index (χ3n) is 4.60. The Morgan fingerprint density at radius 1 is 1.00 bits per heavy atom. The SMILES string of the molecule is CN=C(NCCc1ccc(OC)c(OC)c1OC)N(C)Cc1ccc(OC(F)F)cc1. The van der Waals surface area contributed by atoms with Crippen LogP contribution in [-0.2, 0) is 13.0 Å². The van der Waals surface area contributed by atoms with E-state index in [1.165, 1.54) is 12.1 Å². The molecule has 0 radical (unpaired) electrons. The van der Waals surface area contributed by atoms with Crippen molar-refractivity contribution < 1.29 is 27.7 Å². The van der Waals surface area contributed by atoms with Crippen LogP contribution in [0, 0.1) is 0 Å². The summed E-state index contributed by atoms with van der Waals surface area (Å²) in [7, 11) is 8.35. The maximum Gasteiger partial charge on any atom is 0.387 e. The number of aliphatic imine (C=N–C) groups is 1. The van der Waals surface area contributed by atoms with Gasteiger partial charge in [-0.3, -0.25) is 4.99 Å². The standard InChI is InChI=1S/C22H29F2N3O4/c1-25-22(27(2)14-15-6-9-17(10-7-15)31-21(23)24)26-13-12-16-8-11-18(28-3)20(30-5)19(16)29-4/h6-11,21H,12-14H2,1-5H3,(H,25,26). The molecule has 2 aromatic carbocycles. The average molecular weight is 437 g/mol. The number of alkyl halides is 2. The van der Waals surface area contributed by atoms with Gasteiger partial charge in [-0.25, -0.2) is 0 Å². The van der Waals surface area contributed by atoms with E-state index in [2.05, 4.69) is 15.0 Å². The molecule has 0 aliphatic carbocycles. The summed E-state index contributed by atoms with van der Waals surface area (Å²) < 4.78 is 45.2. The number of guanidine groups is 1. The summed E-state index contributed by atoms with van der Waals surface area (Å²) in [5, 5.41) is 3.32. The molecule has 170 valence electrons. The summed E-state index contributed by atoms with van der Waals surface area (Å²) in [6, 6.07) is 10.3. The maximum absolute atomic E-state index is 12.3. The maximum atomic E-state index is 12.3. The van der Waals surface area contributed by atoms with Gasteiger partial charge in [0, 0.05) is 32.7 Å². The van der Waals surface area contributed by atoms with Gasteiger partial charge in [0.05, 0.1) is 21.3 Å². The zero-order valence-corrected chi connectivity index (χ0v) is 18.4. The van der Waals surface area contributed by atoms with Crippen molar-refractivity contribution >= 4 is 5.96 Å². The molecule has 2 rings (SSSR count). The first-order chi connectivity index (χ1) is 14.9. The fourth-order valence-corrected chi connectivity index (χ4v) is 3.18. The molecular formula is C22H29F2N3O4. The molecule has 0 aliphatic rings. The van der Waals surface area contributed by atoms with Crippen LogP contribution in [0.5, 0.6) is 23.0 Å². The van der Waals surface area contributed by atoms with Gasteiger partial charge in [-0.1, -0.05) is 18.2 Å². The summed E-state index contributed by atoms with van der Waals surface area (Å²) in [4.78, 5) is 6.25. The van der Waals surface area contributed by atoms with Crippen molar-refractivity contribution in [3.63, 3.8) is 0 Å². The summed E-state index contributed by atoms with van der Waals surface area (Å²) in [6.45, 7) is -1.67. The minimum Gasteiger partial charge on any atom is -0.493 e. The second-order valence-electron chi connectivity index (χ2n) is 6.60. The van der Waals surface area contributed by atoms with E-state index in [9.17, 15) is 8.78 Å². The van der Waals surface area contributed by atoms with Crippen LogP contribution in [0.3, 0.4) is 0 Å². The Morgan fingerprint density at radius 2 is 1.68 bits per heavy atom. The molecule has 0 spiro atoms. The lowest BCUT2D eigenvalue weighted by atomic mass is 10.1.